The van der Waals surface area contributed by atoms with Gasteiger partial charge in [0.15, 0.2) is 0 Å². The number of unbranched alkanes of at least 4 members (excludes halogenated alkanes) is 16. The molecule has 37 heavy (non-hydrogen) atoms. The average Bonchev–Trinajstić information content (AvgIpc) is 2.85. The molecule has 0 aliphatic carbocycles. The maximum absolute atomic E-state index is 11.6. The molecule has 0 radical (unpaired) electrons. The number of hydrogen-bond donors (Lipinski definition) is 0. The third-order valence-electron chi connectivity index (χ3n) is 7.48. The molecule has 0 amide bonds. The fourth-order valence-electron chi connectivity index (χ4n) is 5.27. The molecule has 5 heteroatoms. The third-order valence-corrected chi connectivity index (χ3v) is 8.31. The van der Waals surface area contributed by atoms with Crippen molar-refractivity contribution in [1.29, 1.82) is 0 Å². The average molecular weight is 555 g/mol. The predicted molar refractivity (Wildman–Crippen MR) is 154 cm³/mol. The summed E-state index contributed by atoms with van der Waals surface area (Å²) in [6.45, 7) is 4.52. The predicted octanol–water partition coefficient (Wildman–Crippen LogP) is 6.89. The Labute approximate surface area is 271 Å². The van der Waals surface area contributed by atoms with Crippen molar-refractivity contribution < 1.29 is 64.4 Å². The molecule has 0 saturated heterocycles. The van der Waals surface area contributed by atoms with Gasteiger partial charge in [0, 0.05) is 0 Å². The van der Waals surface area contributed by atoms with Crippen molar-refractivity contribution in [2.24, 2.45) is 0 Å². The summed E-state index contributed by atoms with van der Waals surface area (Å²) >= 11 is 0. The van der Waals surface area contributed by atoms with E-state index in [4.69, 9.17) is 0 Å². The summed E-state index contributed by atoms with van der Waals surface area (Å²) in [5.41, 5.74) is 2.58. The quantitative estimate of drug-likeness (QED) is 0.0958. The topological polar surface area (TPSA) is 57.2 Å². The van der Waals surface area contributed by atoms with Gasteiger partial charge in [-0.3, -0.25) is 0 Å². The molecule has 2 aromatic rings. The van der Waals surface area contributed by atoms with Gasteiger partial charge < -0.3 is 4.55 Å². The number of rotatable bonds is 21. The van der Waals surface area contributed by atoms with E-state index in [1.165, 1.54) is 120 Å². The van der Waals surface area contributed by atoms with Crippen LogP contribution < -0.4 is 51.4 Å². The van der Waals surface area contributed by atoms with Gasteiger partial charge in [-0.1, -0.05) is 135 Å². The Morgan fingerprint density at radius 2 is 1.05 bits per heavy atom. The Hall–Kier alpha value is 0.246. The molecule has 2 rings (SSSR count). The standard InChI is InChI=1S/C32H52O3S.K/c1-3-5-7-9-11-13-15-17-19-21-28-25-29(22-20-18-16-14-12-10-8-6-4-2)32-24-23-31(36(33,34)35)27-30(32)26-28;/h23-27H,3-22H2,1-2H3,(H,33,34,35);/q;+1/p-1. The fourth-order valence-corrected chi connectivity index (χ4v) is 5.77. The number of hydrogen-bond acceptors (Lipinski definition) is 3. The smallest absolute Gasteiger partial charge is 0.744 e. The van der Waals surface area contributed by atoms with Crippen LogP contribution in [0.3, 0.4) is 0 Å². The van der Waals surface area contributed by atoms with Crippen LogP contribution in [-0.4, -0.2) is 13.0 Å². The van der Waals surface area contributed by atoms with E-state index < -0.39 is 10.1 Å². The Kier molecular flexibility index (Phi) is 20.1. The van der Waals surface area contributed by atoms with Gasteiger partial charge in [0.05, 0.1) is 4.90 Å². The Balaban J connectivity index is 0.00000684. The van der Waals surface area contributed by atoms with Crippen LogP contribution in [0.1, 0.15) is 141 Å². The first kappa shape index (κ1) is 35.3. The van der Waals surface area contributed by atoms with Crippen molar-refractivity contribution in [1.82, 2.24) is 0 Å². The minimum atomic E-state index is -4.44. The van der Waals surface area contributed by atoms with E-state index >= 15 is 0 Å². The van der Waals surface area contributed by atoms with Gasteiger partial charge in [-0.05, 0) is 59.7 Å². The molecule has 0 atom stereocenters. The maximum Gasteiger partial charge on any atom is 1.00 e. The van der Waals surface area contributed by atoms with Gasteiger partial charge in [-0.2, -0.15) is 0 Å². The molecule has 0 aromatic heterocycles. The second kappa shape index (κ2) is 21.1. The van der Waals surface area contributed by atoms with Crippen molar-refractivity contribution in [3.8, 4) is 0 Å². The molecule has 2 aromatic carbocycles. The largest absolute Gasteiger partial charge is 1.00 e. The van der Waals surface area contributed by atoms with E-state index in [0.717, 1.165) is 36.5 Å². The normalized spacial score (nSPS) is 11.6. The van der Waals surface area contributed by atoms with E-state index in [1.807, 2.05) is 6.07 Å². The zero-order valence-electron chi connectivity index (χ0n) is 24.2. The molecule has 204 valence electrons. The third kappa shape index (κ3) is 15.0. The summed E-state index contributed by atoms with van der Waals surface area (Å²) in [4.78, 5) is -0.121. The zero-order chi connectivity index (χ0) is 26.1. The van der Waals surface area contributed by atoms with Crippen molar-refractivity contribution >= 4 is 20.9 Å². The van der Waals surface area contributed by atoms with Crippen molar-refractivity contribution in [3.05, 3.63) is 41.5 Å². The first-order valence-electron chi connectivity index (χ1n) is 15.0. The molecule has 3 nitrogen and oxygen atoms in total. The summed E-state index contributed by atoms with van der Waals surface area (Å²) in [5.74, 6) is 0. The molecular weight excluding hydrogens is 504 g/mol. The second-order valence-electron chi connectivity index (χ2n) is 10.7. The molecule has 0 N–H and O–H groups in total. The molecular formula is C32H51KO3S. The first-order chi connectivity index (χ1) is 17.5. The molecule has 0 aliphatic rings. The number of fused-ring (bicyclic) bond motifs is 1. The Bertz CT molecular complexity index is 971. The van der Waals surface area contributed by atoms with Gasteiger partial charge in [0.1, 0.15) is 10.1 Å². The van der Waals surface area contributed by atoms with Crippen molar-refractivity contribution in [2.45, 2.75) is 147 Å². The minimum absolute atomic E-state index is 0. The molecule has 0 saturated carbocycles. The van der Waals surface area contributed by atoms with Crippen molar-refractivity contribution in [2.75, 3.05) is 0 Å². The van der Waals surface area contributed by atoms with Crippen LogP contribution in [0.2, 0.25) is 0 Å². The fraction of sp³-hybridized carbons (Fsp3) is 0.688. The number of benzene rings is 2. The van der Waals surface area contributed by atoms with E-state index in [-0.39, 0.29) is 56.3 Å². The summed E-state index contributed by atoms with van der Waals surface area (Å²) in [7, 11) is -4.44. The maximum atomic E-state index is 11.6. The number of aryl methyl sites for hydroxylation is 2. The summed E-state index contributed by atoms with van der Waals surface area (Å²) < 4.78 is 34.8. The molecule has 0 aliphatic heterocycles. The van der Waals surface area contributed by atoms with Crippen LogP contribution in [0.5, 0.6) is 0 Å². The summed E-state index contributed by atoms with van der Waals surface area (Å²) in [6, 6.07) is 9.34. The Morgan fingerprint density at radius 1 is 0.595 bits per heavy atom. The SMILES string of the molecule is CCCCCCCCCCCc1cc(CCCCCCCCCCC)c2ccc(S(=O)(=O)[O-])cc2c1.[K+]. The minimum Gasteiger partial charge on any atom is -0.744 e. The molecule has 0 fully saturated rings. The van der Waals surface area contributed by atoms with Gasteiger partial charge in [0.25, 0.3) is 0 Å². The summed E-state index contributed by atoms with van der Waals surface area (Å²) in [6.07, 6.45) is 25.6. The molecule has 0 spiro atoms. The molecule has 0 bridgehead atoms. The van der Waals surface area contributed by atoms with Crippen LogP contribution in [0.15, 0.2) is 35.2 Å². The summed E-state index contributed by atoms with van der Waals surface area (Å²) in [5, 5.41) is 1.99. The van der Waals surface area contributed by atoms with Crippen LogP contribution >= 0.6 is 0 Å². The second-order valence-corrected chi connectivity index (χ2v) is 12.1. The van der Waals surface area contributed by atoms with E-state index in [9.17, 15) is 13.0 Å². The zero-order valence-corrected chi connectivity index (χ0v) is 28.1. The van der Waals surface area contributed by atoms with Crippen LogP contribution in [0.25, 0.3) is 10.8 Å². The van der Waals surface area contributed by atoms with Gasteiger partial charge >= 0.3 is 51.4 Å². The Morgan fingerprint density at radius 3 is 1.54 bits per heavy atom. The van der Waals surface area contributed by atoms with E-state index in [1.54, 1.807) is 6.07 Å². The van der Waals surface area contributed by atoms with Gasteiger partial charge in [0.2, 0.25) is 0 Å². The van der Waals surface area contributed by atoms with Crippen molar-refractivity contribution in [3.63, 3.8) is 0 Å². The monoisotopic (exact) mass is 554 g/mol. The molecule has 0 unspecified atom stereocenters. The van der Waals surface area contributed by atoms with Gasteiger partial charge in [-0.15, -0.1) is 0 Å². The van der Waals surface area contributed by atoms with Crippen LogP contribution in [0.4, 0.5) is 0 Å². The van der Waals surface area contributed by atoms with Gasteiger partial charge in [-0.25, -0.2) is 8.42 Å². The van der Waals surface area contributed by atoms with E-state index in [0.29, 0.717) is 0 Å². The van der Waals surface area contributed by atoms with E-state index in [2.05, 4.69) is 26.0 Å². The van der Waals surface area contributed by atoms with Crippen LogP contribution in [0, 0.1) is 0 Å². The van der Waals surface area contributed by atoms with Crippen LogP contribution in [-0.2, 0) is 23.0 Å². The molecule has 0 heterocycles. The first-order valence-corrected chi connectivity index (χ1v) is 16.4.